The molecule has 16 heavy (non-hydrogen) atoms. The molecule has 2 rings (SSSR count). The van der Waals surface area contributed by atoms with Crippen LogP contribution in [0.3, 0.4) is 0 Å². The van der Waals surface area contributed by atoms with Gasteiger partial charge in [0.1, 0.15) is 5.75 Å². The number of rotatable bonds is 3. The summed E-state index contributed by atoms with van der Waals surface area (Å²) in [6.07, 6.45) is 3.50. The highest BCUT2D eigenvalue weighted by atomic mass is 35.5. The summed E-state index contributed by atoms with van der Waals surface area (Å²) in [4.78, 5) is 0. The summed E-state index contributed by atoms with van der Waals surface area (Å²) < 4.78 is 5.73. The molecule has 0 saturated heterocycles. The number of ether oxygens (including phenoxy) is 1. The zero-order valence-corrected chi connectivity index (χ0v) is 9.44. The van der Waals surface area contributed by atoms with Crippen molar-refractivity contribution >= 4 is 17.4 Å². The van der Waals surface area contributed by atoms with Crippen LogP contribution in [-0.2, 0) is 0 Å². The molecule has 1 aromatic rings. The monoisotopic (exact) mass is 240 g/mol. The molecule has 1 fully saturated rings. The molecular formula is C11H13ClN2O2. The molecule has 4 nitrogen and oxygen atoms in total. The first-order chi connectivity index (χ1) is 7.70. The topological polar surface area (TPSA) is 67.8 Å². The Labute approximate surface area is 98.7 Å². The molecule has 0 unspecified atom stereocenters. The van der Waals surface area contributed by atoms with Crippen LogP contribution in [0.5, 0.6) is 5.75 Å². The van der Waals surface area contributed by atoms with Crippen LogP contribution in [0.4, 0.5) is 0 Å². The Morgan fingerprint density at radius 1 is 1.50 bits per heavy atom. The van der Waals surface area contributed by atoms with E-state index in [1.54, 1.807) is 18.2 Å². The second-order valence-corrected chi connectivity index (χ2v) is 4.23. The molecule has 0 amide bonds. The Kier molecular flexibility index (Phi) is 3.19. The van der Waals surface area contributed by atoms with E-state index < -0.39 is 0 Å². The van der Waals surface area contributed by atoms with Crippen molar-refractivity contribution in [2.45, 2.75) is 25.4 Å². The van der Waals surface area contributed by atoms with E-state index in [1.807, 2.05) is 0 Å². The third kappa shape index (κ3) is 2.22. The fourth-order valence-corrected chi connectivity index (χ4v) is 1.69. The molecule has 0 radical (unpaired) electrons. The molecule has 0 heterocycles. The van der Waals surface area contributed by atoms with E-state index in [1.165, 1.54) is 6.42 Å². The van der Waals surface area contributed by atoms with Crippen molar-refractivity contribution in [1.29, 1.82) is 0 Å². The third-order valence-corrected chi connectivity index (χ3v) is 2.91. The van der Waals surface area contributed by atoms with Crippen LogP contribution in [-0.4, -0.2) is 17.1 Å². The predicted molar refractivity (Wildman–Crippen MR) is 62.2 cm³/mol. The molecule has 0 atom stereocenters. The van der Waals surface area contributed by atoms with E-state index >= 15 is 0 Å². The summed E-state index contributed by atoms with van der Waals surface area (Å²) in [6, 6.07) is 5.06. The lowest BCUT2D eigenvalue weighted by atomic mass is 9.96. The van der Waals surface area contributed by atoms with Gasteiger partial charge in [-0.2, -0.15) is 0 Å². The van der Waals surface area contributed by atoms with Crippen molar-refractivity contribution < 1.29 is 9.94 Å². The van der Waals surface area contributed by atoms with E-state index in [0.717, 1.165) is 12.8 Å². The van der Waals surface area contributed by atoms with E-state index in [2.05, 4.69) is 5.16 Å². The Hall–Kier alpha value is -1.42. The second-order valence-electron chi connectivity index (χ2n) is 3.80. The minimum atomic E-state index is 0.0333. The number of amidine groups is 1. The molecular weight excluding hydrogens is 228 g/mol. The molecule has 1 saturated carbocycles. The van der Waals surface area contributed by atoms with Crippen molar-refractivity contribution in [2.24, 2.45) is 10.9 Å². The zero-order chi connectivity index (χ0) is 11.5. The number of oxime groups is 1. The summed E-state index contributed by atoms with van der Waals surface area (Å²) in [5.41, 5.74) is 6.13. The quantitative estimate of drug-likeness (QED) is 0.369. The van der Waals surface area contributed by atoms with E-state index in [9.17, 15) is 0 Å². The van der Waals surface area contributed by atoms with Gasteiger partial charge < -0.3 is 15.7 Å². The highest BCUT2D eigenvalue weighted by molar-refractivity contribution is 6.30. The Morgan fingerprint density at radius 2 is 2.25 bits per heavy atom. The van der Waals surface area contributed by atoms with Crippen LogP contribution in [0.1, 0.15) is 24.8 Å². The zero-order valence-electron chi connectivity index (χ0n) is 8.69. The maximum atomic E-state index is 8.66. The second kappa shape index (κ2) is 4.61. The highest BCUT2D eigenvalue weighted by Crippen LogP contribution is 2.29. The number of hydrogen-bond donors (Lipinski definition) is 2. The van der Waals surface area contributed by atoms with Crippen LogP contribution in [0.25, 0.3) is 0 Å². The molecule has 0 bridgehead atoms. The molecule has 0 spiro atoms. The lowest BCUT2D eigenvalue weighted by Crippen LogP contribution is -2.26. The van der Waals surface area contributed by atoms with Crippen LogP contribution in [0.2, 0.25) is 5.02 Å². The molecule has 0 aliphatic heterocycles. The van der Waals surface area contributed by atoms with E-state index in [4.69, 9.17) is 27.3 Å². The first kappa shape index (κ1) is 11.1. The highest BCUT2D eigenvalue weighted by Gasteiger charge is 2.21. The maximum absolute atomic E-state index is 8.66. The van der Waals surface area contributed by atoms with Gasteiger partial charge in [-0.1, -0.05) is 16.8 Å². The van der Waals surface area contributed by atoms with Crippen molar-refractivity contribution in [3.05, 3.63) is 28.8 Å². The molecule has 0 aromatic heterocycles. The predicted octanol–water partition coefficient (Wildman–Crippen LogP) is 2.37. The van der Waals surface area contributed by atoms with Gasteiger partial charge in [0.25, 0.3) is 0 Å². The number of benzene rings is 1. The minimum absolute atomic E-state index is 0.0333. The van der Waals surface area contributed by atoms with Crippen LogP contribution in [0.15, 0.2) is 23.4 Å². The van der Waals surface area contributed by atoms with Gasteiger partial charge in [-0.3, -0.25) is 0 Å². The average molecular weight is 241 g/mol. The van der Waals surface area contributed by atoms with Gasteiger partial charge in [0.2, 0.25) is 0 Å². The van der Waals surface area contributed by atoms with Crippen LogP contribution >= 0.6 is 11.6 Å². The van der Waals surface area contributed by atoms with E-state index in [0.29, 0.717) is 16.3 Å². The molecule has 86 valence electrons. The van der Waals surface area contributed by atoms with Crippen molar-refractivity contribution in [1.82, 2.24) is 0 Å². The fourth-order valence-electron chi connectivity index (χ4n) is 1.53. The standard InChI is InChI=1S/C11H13ClN2O2/c12-7-4-5-9(11(13)14-15)10(6-7)16-8-2-1-3-8/h4-6,8,15H,1-3H2,(H2,13,14). The average Bonchev–Trinajstić information content (AvgIpc) is 2.22. The van der Waals surface area contributed by atoms with Crippen molar-refractivity contribution in [3.8, 4) is 5.75 Å². The van der Waals surface area contributed by atoms with Gasteiger partial charge >= 0.3 is 0 Å². The van der Waals surface area contributed by atoms with Gasteiger partial charge in [0.15, 0.2) is 5.84 Å². The SMILES string of the molecule is NC(=NO)c1ccc(Cl)cc1OC1CCC1. The smallest absolute Gasteiger partial charge is 0.173 e. The molecule has 1 aliphatic carbocycles. The van der Waals surface area contributed by atoms with Crippen LogP contribution in [0, 0.1) is 0 Å². The summed E-state index contributed by atoms with van der Waals surface area (Å²) >= 11 is 5.89. The van der Waals surface area contributed by atoms with Crippen LogP contribution < -0.4 is 10.5 Å². The van der Waals surface area contributed by atoms with Gasteiger partial charge in [-0.15, -0.1) is 0 Å². The van der Waals surface area contributed by atoms with Gasteiger partial charge in [0, 0.05) is 5.02 Å². The largest absolute Gasteiger partial charge is 0.490 e. The van der Waals surface area contributed by atoms with Gasteiger partial charge in [0.05, 0.1) is 11.7 Å². The first-order valence-corrected chi connectivity index (χ1v) is 5.52. The Bertz CT molecular complexity index is 416. The molecule has 1 aromatic carbocycles. The number of halogens is 1. The fraction of sp³-hybridized carbons (Fsp3) is 0.364. The van der Waals surface area contributed by atoms with Crippen molar-refractivity contribution in [3.63, 3.8) is 0 Å². The maximum Gasteiger partial charge on any atom is 0.173 e. The van der Waals surface area contributed by atoms with Gasteiger partial charge in [-0.25, -0.2) is 0 Å². The molecule has 3 N–H and O–H groups in total. The molecule has 1 aliphatic rings. The lowest BCUT2D eigenvalue weighted by Gasteiger charge is -2.27. The number of nitrogens with zero attached hydrogens (tertiary/aromatic N) is 1. The van der Waals surface area contributed by atoms with Crippen molar-refractivity contribution in [2.75, 3.05) is 0 Å². The normalized spacial score (nSPS) is 16.9. The summed E-state index contributed by atoms with van der Waals surface area (Å²) in [5, 5.41) is 12.2. The third-order valence-electron chi connectivity index (χ3n) is 2.67. The summed E-state index contributed by atoms with van der Waals surface area (Å²) in [5.74, 6) is 0.610. The Balaban J connectivity index is 2.28. The minimum Gasteiger partial charge on any atom is -0.490 e. The van der Waals surface area contributed by atoms with E-state index in [-0.39, 0.29) is 11.9 Å². The Morgan fingerprint density at radius 3 is 2.81 bits per heavy atom. The number of nitrogens with two attached hydrogens (primary N) is 1. The summed E-state index contributed by atoms with van der Waals surface area (Å²) in [7, 11) is 0. The molecule has 5 heteroatoms. The lowest BCUT2D eigenvalue weighted by molar-refractivity contribution is 0.120. The first-order valence-electron chi connectivity index (χ1n) is 5.15. The van der Waals surface area contributed by atoms with Gasteiger partial charge in [-0.05, 0) is 37.5 Å². The summed E-state index contributed by atoms with van der Waals surface area (Å²) in [6.45, 7) is 0. The number of hydrogen-bond acceptors (Lipinski definition) is 3.